The molecule has 208 valence electrons. The molecule has 1 fully saturated rings. The standard InChI is InChI=1S/C30H31ClN4O4S/c1-19(28-16-20-15-23(7-9-26(20)32-28)39-14-13-35-11-2-3-12-35)29-25-18-24(8-10-27(25)33-30(29)36)40(37,38)34-22-6-4-5-21(31)17-22/h4-10,15,17-18,28,32,34H,2-3,11-14,16H2,1H3,(H,33,36)/b29-19-. The molecular formula is C30H31ClN4O4S. The van der Waals surface area contributed by atoms with E-state index in [9.17, 15) is 13.2 Å². The molecule has 1 amide bonds. The van der Waals surface area contributed by atoms with Gasteiger partial charge in [-0.2, -0.15) is 0 Å². The van der Waals surface area contributed by atoms with Gasteiger partial charge in [0, 0.05) is 28.5 Å². The van der Waals surface area contributed by atoms with Gasteiger partial charge in [0.25, 0.3) is 15.9 Å². The van der Waals surface area contributed by atoms with Crippen LogP contribution in [0.15, 0.2) is 71.1 Å². The predicted octanol–water partition coefficient (Wildman–Crippen LogP) is 5.38. The summed E-state index contributed by atoms with van der Waals surface area (Å²) >= 11 is 6.02. The zero-order valence-corrected chi connectivity index (χ0v) is 23.7. The Kier molecular flexibility index (Phi) is 7.20. The first-order valence-corrected chi connectivity index (χ1v) is 15.3. The van der Waals surface area contributed by atoms with E-state index < -0.39 is 10.0 Å². The van der Waals surface area contributed by atoms with Crippen LogP contribution in [0.4, 0.5) is 17.1 Å². The lowest BCUT2D eigenvalue weighted by Gasteiger charge is -2.15. The first-order chi connectivity index (χ1) is 19.3. The van der Waals surface area contributed by atoms with E-state index in [0.717, 1.165) is 42.2 Å². The molecule has 1 unspecified atom stereocenters. The van der Waals surface area contributed by atoms with Crippen molar-refractivity contribution >= 4 is 50.2 Å². The third kappa shape index (κ3) is 5.41. The Morgan fingerprint density at radius 1 is 1.07 bits per heavy atom. The topological polar surface area (TPSA) is 99.8 Å². The van der Waals surface area contributed by atoms with Crippen molar-refractivity contribution in [3.8, 4) is 5.75 Å². The first-order valence-electron chi connectivity index (χ1n) is 13.5. The van der Waals surface area contributed by atoms with Crippen molar-refractivity contribution in [2.24, 2.45) is 0 Å². The predicted molar refractivity (Wildman–Crippen MR) is 159 cm³/mol. The number of nitrogens with zero attached hydrogens (tertiary/aromatic N) is 1. The van der Waals surface area contributed by atoms with E-state index in [1.807, 2.05) is 19.1 Å². The lowest BCUT2D eigenvalue weighted by Crippen LogP contribution is -2.25. The van der Waals surface area contributed by atoms with E-state index in [4.69, 9.17) is 16.3 Å². The smallest absolute Gasteiger partial charge is 0.261 e. The minimum absolute atomic E-state index is 0.0615. The number of anilines is 3. The highest BCUT2D eigenvalue weighted by atomic mass is 35.5. The molecule has 40 heavy (non-hydrogen) atoms. The summed E-state index contributed by atoms with van der Waals surface area (Å²) in [7, 11) is -3.90. The Morgan fingerprint density at radius 3 is 2.67 bits per heavy atom. The number of halogens is 1. The second-order valence-corrected chi connectivity index (χ2v) is 12.6. The van der Waals surface area contributed by atoms with Crippen LogP contribution >= 0.6 is 11.6 Å². The summed E-state index contributed by atoms with van der Waals surface area (Å²) in [5, 5.41) is 6.84. The van der Waals surface area contributed by atoms with Crippen LogP contribution in [0.25, 0.3) is 5.57 Å². The van der Waals surface area contributed by atoms with Crippen molar-refractivity contribution in [3.63, 3.8) is 0 Å². The summed E-state index contributed by atoms with van der Waals surface area (Å²) in [6.45, 7) is 5.81. The minimum atomic E-state index is -3.90. The number of ether oxygens (including phenoxy) is 1. The van der Waals surface area contributed by atoms with Gasteiger partial charge < -0.3 is 15.4 Å². The van der Waals surface area contributed by atoms with Gasteiger partial charge in [-0.1, -0.05) is 17.7 Å². The molecule has 8 nitrogen and oxygen atoms in total. The van der Waals surface area contributed by atoms with Crippen LogP contribution < -0.4 is 20.1 Å². The number of likely N-dealkylation sites (tertiary alicyclic amines) is 1. The highest BCUT2D eigenvalue weighted by Crippen LogP contribution is 2.39. The molecule has 3 aromatic rings. The number of rotatable bonds is 8. The van der Waals surface area contributed by atoms with Gasteiger partial charge in [0.15, 0.2) is 0 Å². The quantitative estimate of drug-likeness (QED) is 0.311. The largest absolute Gasteiger partial charge is 0.492 e. The fourth-order valence-electron chi connectivity index (χ4n) is 5.63. The van der Waals surface area contributed by atoms with Crippen LogP contribution in [-0.4, -0.2) is 51.5 Å². The van der Waals surface area contributed by atoms with Crippen molar-refractivity contribution in [3.05, 3.63) is 82.4 Å². The van der Waals surface area contributed by atoms with Crippen LogP contribution in [0.1, 0.15) is 30.9 Å². The molecule has 1 atom stereocenters. The summed E-state index contributed by atoms with van der Waals surface area (Å²) in [5.41, 5.74) is 5.00. The molecule has 0 spiro atoms. The van der Waals surface area contributed by atoms with Crippen molar-refractivity contribution in [1.29, 1.82) is 0 Å². The van der Waals surface area contributed by atoms with Gasteiger partial charge in [0.2, 0.25) is 0 Å². The Balaban J connectivity index is 1.21. The average molecular weight is 579 g/mol. The summed E-state index contributed by atoms with van der Waals surface area (Å²) in [4.78, 5) is 15.6. The van der Waals surface area contributed by atoms with Gasteiger partial charge in [-0.05, 0) is 105 Å². The maximum atomic E-state index is 13.2. The van der Waals surface area contributed by atoms with E-state index >= 15 is 0 Å². The second-order valence-electron chi connectivity index (χ2n) is 10.5. The number of hydrogen-bond donors (Lipinski definition) is 3. The molecule has 0 aromatic heterocycles. The lowest BCUT2D eigenvalue weighted by molar-refractivity contribution is -0.110. The summed E-state index contributed by atoms with van der Waals surface area (Å²) in [5.74, 6) is 0.602. The Hall–Kier alpha value is -3.53. The number of amides is 1. The van der Waals surface area contributed by atoms with E-state index in [0.29, 0.717) is 40.6 Å². The van der Waals surface area contributed by atoms with Gasteiger partial charge >= 0.3 is 0 Å². The van der Waals surface area contributed by atoms with Crippen LogP contribution in [0.5, 0.6) is 5.75 Å². The van der Waals surface area contributed by atoms with E-state index in [1.54, 1.807) is 36.4 Å². The highest BCUT2D eigenvalue weighted by Gasteiger charge is 2.32. The Bertz CT molecular complexity index is 1620. The molecule has 1 saturated heterocycles. The number of sulfonamides is 1. The van der Waals surface area contributed by atoms with Gasteiger partial charge in [0.05, 0.1) is 22.2 Å². The monoisotopic (exact) mass is 578 g/mol. The van der Waals surface area contributed by atoms with Crippen LogP contribution in [0.2, 0.25) is 5.02 Å². The van der Waals surface area contributed by atoms with Gasteiger partial charge in [0.1, 0.15) is 12.4 Å². The molecule has 3 N–H and O–H groups in total. The maximum absolute atomic E-state index is 13.2. The maximum Gasteiger partial charge on any atom is 0.261 e. The molecule has 3 aliphatic rings. The fraction of sp³-hybridized carbons (Fsp3) is 0.300. The lowest BCUT2D eigenvalue weighted by atomic mass is 9.95. The molecule has 10 heteroatoms. The molecular weight excluding hydrogens is 548 g/mol. The number of carbonyl (C=O) groups is 1. The van der Waals surface area contributed by atoms with Gasteiger partial charge in [-0.3, -0.25) is 14.4 Å². The fourth-order valence-corrected chi connectivity index (χ4v) is 6.90. The number of hydrogen-bond acceptors (Lipinski definition) is 6. The molecule has 6 rings (SSSR count). The van der Waals surface area contributed by atoms with Gasteiger partial charge in [-0.25, -0.2) is 8.42 Å². The molecule has 0 bridgehead atoms. The third-order valence-corrected chi connectivity index (χ3v) is 9.36. The SMILES string of the molecule is C/C(=C1/C(=O)Nc2ccc(S(=O)(=O)Nc3cccc(Cl)c3)cc21)C1Cc2cc(OCCN3CCCC3)ccc2N1. The van der Waals surface area contributed by atoms with Crippen molar-refractivity contribution in [2.45, 2.75) is 37.1 Å². The summed E-state index contributed by atoms with van der Waals surface area (Å²) < 4.78 is 34.9. The van der Waals surface area contributed by atoms with Gasteiger partial charge in [-0.15, -0.1) is 0 Å². The number of carbonyl (C=O) groups excluding carboxylic acids is 1. The molecule has 0 aliphatic carbocycles. The normalized spacial score (nSPS) is 19.6. The molecule has 3 aromatic carbocycles. The van der Waals surface area contributed by atoms with Crippen LogP contribution in [-0.2, 0) is 21.2 Å². The number of fused-ring (bicyclic) bond motifs is 2. The third-order valence-electron chi connectivity index (χ3n) is 7.75. The Morgan fingerprint density at radius 2 is 1.88 bits per heavy atom. The minimum Gasteiger partial charge on any atom is -0.492 e. The molecule has 0 saturated carbocycles. The summed E-state index contributed by atoms with van der Waals surface area (Å²) in [6.07, 6.45) is 3.23. The Labute approximate surface area is 239 Å². The first kappa shape index (κ1) is 26.7. The van der Waals surface area contributed by atoms with E-state index in [2.05, 4.69) is 26.3 Å². The zero-order valence-electron chi connectivity index (χ0n) is 22.2. The van der Waals surface area contributed by atoms with Crippen LogP contribution in [0.3, 0.4) is 0 Å². The summed E-state index contributed by atoms with van der Waals surface area (Å²) in [6, 6.07) is 17.1. The van der Waals surface area contributed by atoms with E-state index in [-0.39, 0.29) is 16.8 Å². The number of nitrogens with one attached hydrogen (secondary N) is 3. The van der Waals surface area contributed by atoms with Crippen molar-refractivity contribution < 1.29 is 17.9 Å². The van der Waals surface area contributed by atoms with Crippen molar-refractivity contribution in [1.82, 2.24) is 4.90 Å². The highest BCUT2D eigenvalue weighted by molar-refractivity contribution is 7.92. The molecule has 0 radical (unpaired) electrons. The second kappa shape index (κ2) is 10.8. The molecule has 3 heterocycles. The van der Waals surface area contributed by atoms with Crippen LogP contribution in [0, 0.1) is 0 Å². The number of benzene rings is 3. The molecule has 3 aliphatic heterocycles. The average Bonchev–Trinajstić information content (AvgIpc) is 3.66. The van der Waals surface area contributed by atoms with E-state index in [1.165, 1.54) is 18.9 Å². The van der Waals surface area contributed by atoms with Crippen molar-refractivity contribution in [2.75, 3.05) is 41.6 Å². The zero-order chi connectivity index (χ0) is 27.9.